The van der Waals surface area contributed by atoms with Gasteiger partial charge < -0.3 is 4.74 Å². The third-order valence-electron chi connectivity index (χ3n) is 3.65. The zero-order valence-corrected chi connectivity index (χ0v) is 14.5. The fraction of sp³-hybridized carbons (Fsp3) is 0.333. The molecule has 5 heteroatoms. The monoisotopic (exact) mass is 334 g/mol. The van der Waals surface area contributed by atoms with Crippen LogP contribution < -0.4 is 4.74 Å². The predicted molar refractivity (Wildman–Crippen MR) is 90.2 cm³/mol. The molecule has 1 unspecified atom stereocenters. The summed E-state index contributed by atoms with van der Waals surface area (Å²) in [7, 11) is -2.10. The van der Waals surface area contributed by atoms with Gasteiger partial charge in [0.15, 0.2) is 0 Å². The second-order valence-corrected chi connectivity index (χ2v) is 7.05. The fourth-order valence-corrected chi connectivity index (χ4v) is 3.66. The van der Waals surface area contributed by atoms with E-state index in [1.54, 1.807) is 39.2 Å². The Morgan fingerprint density at radius 2 is 1.70 bits per heavy atom. The van der Waals surface area contributed by atoms with Crippen molar-refractivity contribution < 1.29 is 17.3 Å². The van der Waals surface area contributed by atoms with Gasteiger partial charge in [-0.15, -0.1) is 0 Å². The summed E-state index contributed by atoms with van der Waals surface area (Å²) >= 11 is 0. The Morgan fingerprint density at radius 3 is 2.30 bits per heavy atom. The Bertz CT molecular complexity index is 736. The summed E-state index contributed by atoms with van der Waals surface area (Å²) in [4.78, 5) is 0.233. The fourth-order valence-electron chi connectivity index (χ4n) is 2.32. The molecule has 0 saturated heterocycles. The van der Waals surface area contributed by atoms with Crippen LogP contribution in [0, 0.1) is 6.92 Å². The van der Waals surface area contributed by atoms with E-state index < -0.39 is 10.1 Å². The lowest BCUT2D eigenvalue weighted by molar-refractivity contribution is 0.218. The van der Waals surface area contributed by atoms with Crippen LogP contribution in [-0.4, -0.2) is 21.6 Å². The van der Waals surface area contributed by atoms with Crippen molar-refractivity contribution in [1.82, 2.24) is 0 Å². The van der Waals surface area contributed by atoms with E-state index in [0.717, 1.165) is 17.7 Å². The van der Waals surface area contributed by atoms with E-state index in [1.165, 1.54) is 0 Å². The van der Waals surface area contributed by atoms with Crippen LogP contribution in [0.3, 0.4) is 0 Å². The van der Waals surface area contributed by atoms with Gasteiger partial charge in [-0.25, -0.2) is 0 Å². The van der Waals surface area contributed by atoms with E-state index in [-0.39, 0.29) is 11.0 Å². The molecule has 0 heterocycles. The van der Waals surface area contributed by atoms with Crippen LogP contribution in [0.5, 0.6) is 5.75 Å². The molecule has 0 aliphatic heterocycles. The highest BCUT2D eigenvalue weighted by molar-refractivity contribution is 7.86. The molecular weight excluding hydrogens is 312 g/mol. The van der Waals surface area contributed by atoms with Crippen LogP contribution in [0.4, 0.5) is 0 Å². The van der Waals surface area contributed by atoms with Crippen LogP contribution in [0.25, 0.3) is 0 Å². The Labute approximate surface area is 138 Å². The standard InChI is InChI=1S/C18H22O4S/c1-14-6-4-5-7-18(14)23(19,20)22-15(2)8-9-16-10-12-17(21-3)13-11-16/h4-7,10-13,15H,8-9H2,1-3H3. The van der Waals surface area contributed by atoms with Crippen molar-refractivity contribution in [1.29, 1.82) is 0 Å². The Balaban J connectivity index is 1.96. The lowest BCUT2D eigenvalue weighted by Crippen LogP contribution is -2.17. The number of hydrogen-bond donors (Lipinski definition) is 0. The lowest BCUT2D eigenvalue weighted by Gasteiger charge is -2.14. The van der Waals surface area contributed by atoms with E-state index in [2.05, 4.69) is 0 Å². The van der Waals surface area contributed by atoms with Crippen LogP contribution in [0.1, 0.15) is 24.5 Å². The zero-order valence-electron chi connectivity index (χ0n) is 13.7. The van der Waals surface area contributed by atoms with Gasteiger partial charge in [-0.3, -0.25) is 4.18 Å². The summed E-state index contributed by atoms with van der Waals surface area (Å²) < 4.78 is 35.1. The number of methoxy groups -OCH3 is 1. The minimum absolute atomic E-state index is 0.233. The normalized spacial score (nSPS) is 12.8. The summed E-state index contributed by atoms with van der Waals surface area (Å²) in [5.74, 6) is 0.806. The van der Waals surface area contributed by atoms with Gasteiger partial charge >= 0.3 is 0 Å². The van der Waals surface area contributed by atoms with E-state index >= 15 is 0 Å². The quantitative estimate of drug-likeness (QED) is 0.724. The Morgan fingerprint density at radius 1 is 1.04 bits per heavy atom. The highest BCUT2D eigenvalue weighted by atomic mass is 32.2. The molecule has 0 saturated carbocycles. The molecule has 0 aromatic heterocycles. The first-order valence-electron chi connectivity index (χ1n) is 7.54. The van der Waals surface area contributed by atoms with Crippen molar-refractivity contribution in [3.8, 4) is 5.75 Å². The number of rotatable bonds is 7. The van der Waals surface area contributed by atoms with E-state index in [9.17, 15) is 8.42 Å². The minimum Gasteiger partial charge on any atom is -0.497 e. The van der Waals surface area contributed by atoms with Crippen molar-refractivity contribution >= 4 is 10.1 Å². The van der Waals surface area contributed by atoms with Crippen molar-refractivity contribution in [3.63, 3.8) is 0 Å². The van der Waals surface area contributed by atoms with E-state index in [0.29, 0.717) is 12.0 Å². The highest BCUT2D eigenvalue weighted by Gasteiger charge is 2.20. The third-order valence-corrected chi connectivity index (χ3v) is 5.23. The molecule has 1 atom stereocenters. The first-order valence-corrected chi connectivity index (χ1v) is 8.95. The number of hydrogen-bond acceptors (Lipinski definition) is 4. The maximum atomic E-state index is 12.3. The van der Waals surface area contributed by atoms with Crippen LogP contribution in [0.15, 0.2) is 53.4 Å². The SMILES string of the molecule is COc1ccc(CCC(C)OS(=O)(=O)c2ccccc2C)cc1. The first-order chi connectivity index (χ1) is 10.9. The summed E-state index contributed by atoms with van der Waals surface area (Å²) in [6.45, 7) is 3.54. The third kappa shape index (κ3) is 4.81. The van der Waals surface area contributed by atoms with Crippen LogP contribution in [0.2, 0.25) is 0 Å². The molecule has 2 rings (SSSR count). The van der Waals surface area contributed by atoms with Gasteiger partial charge in [-0.1, -0.05) is 30.3 Å². The number of ether oxygens (including phenoxy) is 1. The Kier molecular flexibility index (Phi) is 5.80. The zero-order chi connectivity index (χ0) is 16.9. The molecule has 0 radical (unpaired) electrons. The minimum atomic E-state index is -3.73. The maximum Gasteiger partial charge on any atom is 0.297 e. The average Bonchev–Trinajstić information content (AvgIpc) is 2.53. The predicted octanol–water partition coefficient (Wildman–Crippen LogP) is 3.73. The lowest BCUT2D eigenvalue weighted by atomic mass is 10.1. The van der Waals surface area contributed by atoms with Gasteiger partial charge in [0.1, 0.15) is 5.75 Å². The summed E-state index contributed by atoms with van der Waals surface area (Å²) in [6.07, 6.45) is 0.980. The first kappa shape index (κ1) is 17.5. The van der Waals surface area contributed by atoms with Gasteiger partial charge in [0.2, 0.25) is 0 Å². The molecule has 0 aliphatic rings. The second-order valence-electron chi connectivity index (χ2n) is 5.51. The number of aryl methyl sites for hydroxylation is 2. The molecule has 2 aromatic carbocycles. The molecule has 0 aliphatic carbocycles. The second kappa shape index (κ2) is 7.62. The molecule has 0 spiro atoms. The van der Waals surface area contributed by atoms with Gasteiger partial charge in [0.25, 0.3) is 10.1 Å². The molecule has 4 nitrogen and oxygen atoms in total. The molecule has 0 fully saturated rings. The number of benzene rings is 2. The topological polar surface area (TPSA) is 52.6 Å². The molecule has 2 aromatic rings. The smallest absolute Gasteiger partial charge is 0.297 e. The van der Waals surface area contributed by atoms with Gasteiger partial charge in [0, 0.05) is 0 Å². The summed E-state index contributed by atoms with van der Waals surface area (Å²) in [5, 5.41) is 0. The van der Waals surface area contributed by atoms with Crippen LogP contribution >= 0.6 is 0 Å². The van der Waals surface area contributed by atoms with Crippen molar-refractivity contribution in [3.05, 3.63) is 59.7 Å². The van der Waals surface area contributed by atoms with Crippen molar-refractivity contribution in [2.75, 3.05) is 7.11 Å². The molecule has 23 heavy (non-hydrogen) atoms. The van der Waals surface area contributed by atoms with E-state index in [4.69, 9.17) is 8.92 Å². The van der Waals surface area contributed by atoms with Crippen LogP contribution in [-0.2, 0) is 20.7 Å². The highest BCUT2D eigenvalue weighted by Crippen LogP contribution is 2.20. The molecule has 0 N–H and O–H groups in total. The molecule has 0 amide bonds. The van der Waals surface area contributed by atoms with Gasteiger partial charge in [-0.05, 0) is 56.0 Å². The van der Waals surface area contributed by atoms with Gasteiger partial charge in [-0.2, -0.15) is 8.42 Å². The van der Waals surface area contributed by atoms with Crippen molar-refractivity contribution in [2.24, 2.45) is 0 Å². The molecule has 0 bridgehead atoms. The summed E-state index contributed by atoms with van der Waals surface area (Å²) in [6, 6.07) is 14.6. The molecule has 124 valence electrons. The summed E-state index contributed by atoms with van der Waals surface area (Å²) in [5.41, 5.74) is 1.81. The largest absolute Gasteiger partial charge is 0.497 e. The Hall–Kier alpha value is -1.85. The average molecular weight is 334 g/mol. The van der Waals surface area contributed by atoms with Gasteiger partial charge in [0.05, 0.1) is 18.1 Å². The van der Waals surface area contributed by atoms with Crippen molar-refractivity contribution in [2.45, 2.75) is 37.7 Å². The van der Waals surface area contributed by atoms with E-state index in [1.807, 2.05) is 30.3 Å². The molecular formula is C18H22O4S. The maximum absolute atomic E-state index is 12.3.